The van der Waals surface area contributed by atoms with Gasteiger partial charge < -0.3 is 20.9 Å². The Balaban J connectivity index is 1.56. The molecule has 4 N–H and O–H groups in total. The van der Waals surface area contributed by atoms with E-state index in [2.05, 4.69) is 30.9 Å². The number of benzene rings is 1. The number of anilines is 3. The van der Waals surface area contributed by atoms with Gasteiger partial charge in [-0.1, -0.05) is 17.7 Å². The maximum atomic E-state index is 6.05. The minimum Gasteiger partial charge on any atom is -0.369 e. The van der Waals surface area contributed by atoms with Crippen LogP contribution in [0.3, 0.4) is 0 Å². The maximum absolute atomic E-state index is 6.05. The fourth-order valence-corrected chi connectivity index (χ4v) is 3.34. The summed E-state index contributed by atoms with van der Waals surface area (Å²) >= 11 is 6.05. The number of aromatic amines is 1. The molecule has 1 aliphatic heterocycles. The second-order valence-electron chi connectivity index (χ2n) is 6.35. The van der Waals surface area contributed by atoms with E-state index in [-0.39, 0.29) is 0 Å². The lowest BCUT2D eigenvalue weighted by Crippen LogP contribution is -2.31. The van der Waals surface area contributed by atoms with Gasteiger partial charge in [-0.2, -0.15) is 9.97 Å². The van der Waals surface area contributed by atoms with Crippen molar-refractivity contribution < 1.29 is 0 Å². The van der Waals surface area contributed by atoms with Gasteiger partial charge in [0.2, 0.25) is 5.95 Å². The topological polar surface area (TPSA) is 77.7 Å². The number of nitrogens with zero attached hydrogens (tertiary/aromatic N) is 2. The number of aromatic nitrogens is 3. The molecule has 0 aliphatic carbocycles. The molecule has 0 saturated carbocycles. The maximum Gasteiger partial charge on any atom is 0.231 e. The average molecular weight is 357 g/mol. The van der Waals surface area contributed by atoms with Gasteiger partial charge >= 0.3 is 0 Å². The number of nitrogens with one attached hydrogen (secondary N) is 4. The zero-order valence-corrected chi connectivity index (χ0v) is 14.6. The van der Waals surface area contributed by atoms with Gasteiger partial charge in [-0.25, -0.2) is 0 Å². The molecule has 1 aromatic carbocycles. The van der Waals surface area contributed by atoms with Crippen LogP contribution >= 0.6 is 11.6 Å². The molecule has 3 heterocycles. The Labute approximate surface area is 151 Å². The van der Waals surface area contributed by atoms with Crippen molar-refractivity contribution in [2.24, 2.45) is 5.92 Å². The summed E-state index contributed by atoms with van der Waals surface area (Å²) in [6.45, 7) is 3.12. The van der Waals surface area contributed by atoms with Crippen molar-refractivity contribution >= 4 is 40.1 Å². The Morgan fingerprint density at radius 1 is 1.16 bits per heavy atom. The Morgan fingerprint density at radius 3 is 2.88 bits per heavy atom. The smallest absolute Gasteiger partial charge is 0.231 e. The van der Waals surface area contributed by atoms with Crippen LogP contribution in [0.2, 0.25) is 5.02 Å². The van der Waals surface area contributed by atoms with Gasteiger partial charge in [0.25, 0.3) is 0 Å². The number of halogens is 1. The van der Waals surface area contributed by atoms with Crippen molar-refractivity contribution in [3.05, 3.63) is 41.6 Å². The largest absolute Gasteiger partial charge is 0.369 e. The van der Waals surface area contributed by atoms with Crippen molar-refractivity contribution in [1.82, 2.24) is 20.3 Å². The zero-order chi connectivity index (χ0) is 17.1. The molecular weight excluding hydrogens is 336 g/mol. The van der Waals surface area contributed by atoms with Crippen LogP contribution in [0.15, 0.2) is 36.5 Å². The first-order valence-electron chi connectivity index (χ1n) is 8.60. The fourth-order valence-electron chi connectivity index (χ4n) is 3.15. The molecule has 0 bridgehead atoms. The van der Waals surface area contributed by atoms with Crippen molar-refractivity contribution in [2.45, 2.75) is 12.8 Å². The third-order valence-electron chi connectivity index (χ3n) is 4.51. The number of fused-ring (bicyclic) bond motifs is 1. The van der Waals surface area contributed by atoms with Gasteiger partial charge in [-0.05, 0) is 56.1 Å². The lowest BCUT2D eigenvalue weighted by atomic mass is 9.98. The van der Waals surface area contributed by atoms with Crippen LogP contribution in [0, 0.1) is 5.92 Å². The van der Waals surface area contributed by atoms with E-state index >= 15 is 0 Å². The molecule has 0 unspecified atom stereocenters. The van der Waals surface area contributed by atoms with Gasteiger partial charge in [0.05, 0.1) is 5.39 Å². The van der Waals surface area contributed by atoms with Crippen molar-refractivity contribution in [2.75, 3.05) is 30.3 Å². The standard InChI is InChI=1S/C18H21ClN6/c19-13-2-1-3-14(10-13)23-18-24-16-15(6-9-21-16)17(25-18)22-11-12-4-7-20-8-5-12/h1-3,6,9-10,12,20H,4-5,7-8,11H2,(H3,21,22,23,24,25). The summed E-state index contributed by atoms with van der Waals surface area (Å²) in [6.07, 6.45) is 4.28. The number of rotatable bonds is 5. The number of hydrogen-bond acceptors (Lipinski definition) is 5. The molecule has 0 spiro atoms. The molecular formula is C18H21ClN6. The molecule has 6 nitrogen and oxygen atoms in total. The summed E-state index contributed by atoms with van der Waals surface area (Å²) in [5, 5.41) is 11.8. The van der Waals surface area contributed by atoms with Gasteiger partial charge in [0.1, 0.15) is 11.5 Å². The van der Waals surface area contributed by atoms with E-state index in [1.165, 1.54) is 12.8 Å². The van der Waals surface area contributed by atoms with E-state index in [1.54, 1.807) is 0 Å². The van der Waals surface area contributed by atoms with E-state index in [4.69, 9.17) is 11.6 Å². The third-order valence-corrected chi connectivity index (χ3v) is 4.75. The summed E-state index contributed by atoms with van der Waals surface area (Å²) in [4.78, 5) is 12.4. The lowest BCUT2D eigenvalue weighted by molar-refractivity contribution is 0.389. The van der Waals surface area contributed by atoms with Gasteiger partial charge in [0.15, 0.2) is 0 Å². The number of piperidine rings is 1. The molecule has 3 aromatic rings. The first kappa shape index (κ1) is 16.2. The van der Waals surface area contributed by atoms with Crippen molar-refractivity contribution in [1.29, 1.82) is 0 Å². The second-order valence-corrected chi connectivity index (χ2v) is 6.78. The Kier molecular flexibility index (Phi) is 4.72. The van der Waals surface area contributed by atoms with Crippen molar-refractivity contribution in [3.8, 4) is 0 Å². The van der Waals surface area contributed by atoms with Gasteiger partial charge in [0, 0.05) is 23.5 Å². The minimum absolute atomic E-state index is 0.546. The Morgan fingerprint density at radius 2 is 2.04 bits per heavy atom. The third kappa shape index (κ3) is 3.86. The highest BCUT2D eigenvalue weighted by Crippen LogP contribution is 2.24. The number of H-pyrrole nitrogens is 1. The van der Waals surface area contributed by atoms with E-state index in [1.807, 2.05) is 36.5 Å². The SMILES string of the molecule is Clc1cccc(Nc2nc(NCC3CCNCC3)c3cc[nH]c3n2)c1. The van der Waals surface area contributed by atoms with E-state index in [0.717, 1.165) is 42.2 Å². The highest BCUT2D eigenvalue weighted by atomic mass is 35.5. The van der Waals surface area contributed by atoms with Crippen LogP contribution in [0.5, 0.6) is 0 Å². The zero-order valence-electron chi connectivity index (χ0n) is 13.8. The van der Waals surface area contributed by atoms with Crippen LogP contribution in [0.4, 0.5) is 17.5 Å². The summed E-state index contributed by atoms with van der Waals surface area (Å²) in [5.41, 5.74) is 1.68. The molecule has 25 heavy (non-hydrogen) atoms. The summed E-state index contributed by atoms with van der Waals surface area (Å²) < 4.78 is 0. The molecule has 0 atom stereocenters. The second kappa shape index (κ2) is 7.29. The fraction of sp³-hybridized carbons (Fsp3) is 0.333. The van der Waals surface area contributed by atoms with Gasteiger partial charge in [-0.3, -0.25) is 0 Å². The van der Waals surface area contributed by atoms with Crippen LogP contribution in [-0.4, -0.2) is 34.6 Å². The molecule has 4 rings (SSSR count). The first-order valence-corrected chi connectivity index (χ1v) is 8.98. The first-order chi connectivity index (χ1) is 12.3. The molecule has 2 aromatic heterocycles. The van der Waals surface area contributed by atoms with Gasteiger partial charge in [-0.15, -0.1) is 0 Å². The summed E-state index contributed by atoms with van der Waals surface area (Å²) in [5.74, 6) is 2.08. The molecule has 0 amide bonds. The highest BCUT2D eigenvalue weighted by molar-refractivity contribution is 6.30. The van der Waals surface area contributed by atoms with Crippen LogP contribution < -0.4 is 16.0 Å². The monoisotopic (exact) mass is 356 g/mol. The van der Waals surface area contributed by atoms with E-state index < -0.39 is 0 Å². The molecule has 0 radical (unpaired) electrons. The average Bonchev–Trinajstić information content (AvgIpc) is 3.09. The minimum atomic E-state index is 0.546. The predicted octanol–water partition coefficient (Wildman–Crippen LogP) is 3.77. The molecule has 7 heteroatoms. The van der Waals surface area contributed by atoms with Crippen LogP contribution in [0.1, 0.15) is 12.8 Å². The molecule has 1 aliphatic rings. The van der Waals surface area contributed by atoms with Crippen LogP contribution in [-0.2, 0) is 0 Å². The number of hydrogen-bond donors (Lipinski definition) is 4. The van der Waals surface area contributed by atoms with E-state index in [9.17, 15) is 0 Å². The van der Waals surface area contributed by atoms with Crippen LogP contribution in [0.25, 0.3) is 11.0 Å². The Bertz CT molecular complexity index is 856. The predicted molar refractivity (Wildman–Crippen MR) is 103 cm³/mol. The normalized spacial score (nSPS) is 15.4. The summed E-state index contributed by atoms with van der Waals surface area (Å²) in [7, 11) is 0. The van der Waals surface area contributed by atoms with Crippen molar-refractivity contribution in [3.63, 3.8) is 0 Å². The highest BCUT2D eigenvalue weighted by Gasteiger charge is 2.15. The molecule has 130 valence electrons. The Hall–Kier alpha value is -2.31. The molecule has 1 fully saturated rings. The lowest BCUT2D eigenvalue weighted by Gasteiger charge is -2.23. The quantitative estimate of drug-likeness (QED) is 0.560. The molecule has 1 saturated heterocycles. The van der Waals surface area contributed by atoms with E-state index in [0.29, 0.717) is 16.9 Å². The summed E-state index contributed by atoms with van der Waals surface area (Å²) in [6, 6.07) is 9.54.